The molecule has 6 heteroatoms. The number of aliphatic hydroxyl groups is 1. The maximum Gasteiger partial charge on any atom is 0.264 e. The van der Waals surface area contributed by atoms with Crippen molar-refractivity contribution < 1.29 is 9.84 Å². The summed E-state index contributed by atoms with van der Waals surface area (Å²) in [6.07, 6.45) is -0.629. The molecule has 1 aromatic heterocycles. The molecule has 2 aromatic rings. The van der Waals surface area contributed by atoms with Gasteiger partial charge in [0.2, 0.25) is 0 Å². The van der Waals surface area contributed by atoms with Gasteiger partial charge in [-0.2, -0.15) is 5.10 Å². The van der Waals surface area contributed by atoms with Crippen molar-refractivity contribution in [2.75, 3.05) is 13.2 Å². The Kier molecular flexibility index (Phi) is 5.75. The quantitative estimate of drug-likeness (QED) is 0.752. The van der Waals surface area contributed by atoms with E-state index in [4.69, 9.17) is 4.74 Å². The first-order valence-corrected chi connectivity index (χ1v) is 7.98. The molecule has 0 spiro atoms. The van der Waals surface area contributed by atoms with Gasteiger partial charge in [0.1, 0.15) is 18.5 Å². The molecule has 1 unspecified atom stereocenters. The molecular formula is C18H25N3O3. The highest BCUT2D eigenvalue weighted by Crippen LogP contribution is 2.30. The zero-order chi connectivity index (χ0) is 17.7. The van der Waals surface area contributed by atoms with Gasteiger partial charge in [-0.25, -0.2) is 5.10 Å². The van der Waals surface area contributed by atoms with E-state index in [1.165, 1.54) is 6.07 Å². The number of aromatic nitrogens is 2. The molecule has 0 aliphatic heterocycles. The van der Waals surface area contributed by atoms with Crippen molar-refractivity contribution in [1.82, 2.24) is 15.5 Å². The summed E-state index contributed by atoms with van der Waals surface area (Å²) in [6, 6.07) is 8.93. The van der Waals surface area contributed by atoms with Crippen LogP contribution in [0.1, 0.15) is 26.5 Å². The summed E-state index contributed by atoms with van der Waals surface area (Å²) in [5.74, 6) is 0.614. The summed E-state index contributed by atoms with van der Waals surface area (Å²) in [4.78, 5) is 11.6. The number of nitrogens with zero attached hydrogens (tertiary/aromatic N) is 1. The Hall–Kier alpha value is -2.18. The van der Waals surface area contributed by atoms with Gasteiger partial charge in [0.25, 0.3) is 5.56 Å². The predicted molar refractivity (Wildman–Crippen MR) is 94.3 cm³/mol. The standard InChI is InChI=1S/C18H25N3O3/c1-12-15(9-17(23)21-20-12)14-7-5-6-8-16(14)24-11-13(22)10-19-18(2,3)4/h5-9,13,19,22H,10-11H2,1-4H3,(H,21,23). The number of aliphatic hydroxyl groups excluding tert-OH is 1. The van der Waals surface area contributed by atoms with Gasteiger partial charge >= 0.3 is 0 Å². The zero-order valence-electron chi connectivity index (χ0n) is 14.6. The third kappa shape index (κ3) is 5.18. The largest absolute Gasteiger partial charge is 0.490 e. The molecule has 0 aliphatic rings. The van der Waals surface area contributed by atoms with Gasteiger partial charge in [0, 0.05) is 29.3 Å². The highest BCUT2D eigenvalue weighted by atomic mass is 16.5. The summed E-state index contributed by atoms with van der Waals surface area (Å²) in [6.45, 7) is 8.55. The van der Waals surface area contributed by atoms with E-state index in [0.29, 0.717) is 18.0 Å². The number of nitrogens with one attached hydrogen (secondary N) is 2. The van der Waals surface area contributed by atoms with Crippen LogP contribution >= 0.6 is 0 Å². The first kappa shape index (κ1) is 18.2. The van der Waals surface area contributed by atoms with Gasteiger partial charge < -0.3 is 15.2 Å². The van der Waals surface area contributed by atoms with Crippen molar-refractivity contribution in [3.63, 3.8) is 0 Å². The highest BCUT2D eigenvalue weighted by molar-refractivity contribution is 5.71. The molecule has 0 bridgehead atoms. The fraction of sp³-hybridized carbons (Fsp3) is 0.444. The molecule has 1 heterocycles. The molecule has 1 aromatic carbocycles. The molecule has 0 saturated carbocycles. The molecule has 2 rings (SSSR count). The summed E-state index contributed by atoms with van der Waals surface area (Å²) in [5.41, 5.74) is 1.88. The van der Waals surface area contributed by atoms with Crippen LogP contribution in [0.4, 0.5) is 0 Å². The average molecular weight is 331 g/mol. The normalized spacial score (nSPS) is 12.9. The number of para-hydroxylation sites is 1. The lowest BCUT2D eigenvalue weighted by molar-refractivity contribution is 0.100. The van der Waals surface area contributed by atoms with Crippen molar-refractivity contribution in [2.45, 2.75) is 39.3 Å². The molecule has 0 fully saturated rings. The Morgan fingerprint density at radius 3 is 2.71 bits per heavy atom. The van der Waals surface area contributed by atoms with E-state index < -0.39 is 6.10 Å². The number of ether oxygens (including phenoxy) is 1. The minimum Gasteiger partial charge on any atom is -0.490 e. The van der Waals surface area contributed by atoms with Gasteiger partial charge in [-0.15, -0.1) is 0 Å². The summed E-state index contributed by atoms with van der Waals surface area (Å²) >= 11 is 0. The summed E-state index contributed by atoms with van der Waals surface area (Å²) < 4.78 is 5.78. The van der Waals surface area contributed by atoms with Crippen LogP contribution in [-0.2, 0) is 0 Å². The van der Waals surface area contributed by atoms with Gasteiger partial charge in [-0.1, -0.05) is 18.2 Å². The molecular weight excluding hydrogens is 306 g/mol. The summed E-state index contributed by atoms with van der Waals surface area (Å²) in [5, 5.41) is 19.7. The Morgan fingerprint density at radius 1 is 1.29 bits per heavy atom. The van der Waals surface area contributed by atoms with E-state index in [9.17, 15) is 9.90 Å². The van der Waals surface area contributed by atoms with Crippen LogP contribution in [0, 0.1) is 6.92 Å². The van der Waals surface area contributed by atoms with Crippen molar-refractivity contribution in [2.24, 2.45) is 0 Å². The molecule has 0 saturated heterocycles. The van der Waals surface area contributed by atoms with Crippen LogP contribution in [0.2, 0.25) is 0 Å². The van der Waals surface area contributed by atoms with Crippen molar-refractivity contribution in [1.29, 1.82) is 0 Å². The van der Waals surface area contributed by atoms with E-state index in [1.807, 2.05) is 52.0 Å². The van der Waals surface area contributed by atoms with Gasteiger partial charge in [0.15, 0.2) is 0 Å². The minimum atomic E-state index is -0.629. The fourth-order valence-electron chi connectivity index (χ4n) is 2.22. The summed E-state index contributed by atoms with van der Waals surface area (Å²) in [7, 11) is 0. The molecule has 24 heavy (non-hydrogen) atoms. The van der Waals surface area contributed by atoms with Crippen LogP contribution in [-0.4, -0.2) is 40.1 Å². The van der Waals surface area contributed by atoms with Gasteiger partial charge in [-0.3, -0.25) is 4.79 Å². The molecule has 3 N–H and O–H groups in total. The zero-order valence-corrected chi connectivity index (χ0v) is 14.6. The monoisotopic (exact) mass is 331 g/mol. The number of H-pyrrole nitrogens is 1. The minimum absolute atomic E-state index is 0.0628. The topological polar surface area (TPSA) is 87.2 Å². The second kappa shape index (κ2) is 7.59. The van der Waals surface area contributed by atoms with E-state index in [-0.39, 0.29) is 17.7 Å². The maximum atomic E-state index is 11.6. The number of rotatable bonds is 6. The SMILES string of the molecule is Cc1n[nH]c(=O)cc1-c1ccccc1OCC(O)CNC(C)(C)C. The number of benzene rings is 1. The number of hydrogen-bond acceptors (Lipinski definition) is 5. The number of β-amino-alcohol motifs (C(OH)–C–C–N with tert-alkyl or cyclic N) is 1. The Bertz CT molecular complexity index is 735. The molecule has 1 atom stereocenters. The average Bonchev–Trinajstić information content (AvgIpc) is 2.53. The lowest BCUT2D eigenvalue weighted by Crippen LogP contribution is -2.42. The second-order valence-electron chi connectivity index (χ2n) is 6.82. The predicted octanol–water partition coefficient (Wildman–Crippen LogP) is 1.87. The smallest absolute Gasteiger partial charge is 0.264 e. The third-order valence-electron chi connectivity index (χ3n) is 3.48. The van der Waals surface area contributed by atoms with Crippen molar-refractivity contribution in [3.05, 3.63) is 46.4 Å². The lowest BCUT2D eigenvalue weighted by Gasteiger charge is -2.23. The van der Waals surface area contributed by atoms with Crippen molar-refractivity contribution in [3.8, 4) is 16.9 Å². The van der Waals surface area contributed by atoms with E-state index in [2.05, 4.69) is 15.5 Å². The van der Waals surface area contributed by atoms with Crippen LogP contribution in [0.3, 0.4) is 0 Å². The molecule has 130 valence electrons. The molecule has 0 radical (unpaired) electrons. The van der Waals surface area contributed by atoms with E-state index in [1.54, 1.807) is 0 Å². The molecule has 6 nitrogen and oxygen atoms in total. The Balaban J connectivity index is 2.12. The first-order valence-electron chi connectivity index (χ1n) is 7.98. The van der Waals surface area contributed by atoms with E-state index in [0.717, 1.165) is 11.1 Å². The van der Waals surface area contributed by atoms with Crippen molar-refractivity contribution >= 4 is 0 Å². The molecule has 0 aliphatic carbocycles. The number of aromatic amines is 1. The van der Waals surface area contributed by atoms with Crippen LogP contribution in [0.5, 0.6) is 5.75 Å². The Morgan fingerprint density at radius 2 is 2.00 bits per heavy atom. The van der Waals surface area contributed by atoms with E-state index >= 15 is 0 Å². The second-order valence-corrected chi connectivity index (χ2v) is 6.82. The number of hydrogen-bond donors (Lipinski definition) is 3. The highest BCUT2D eigenvalue weighted by Gasteiger charge is 2.14. The third-order valence-corrected chi connectivity index (χ3v) is 3.48. The molecule has 0 amide bonds. The Labute approximate surface area is 141 Å². The van der Waals surface area contributed by atoms with Crippen LogP contribution in [0.25, 0.3) is 11.1 Å². The maximum absolute atomic E-state index is 11.6. The fourth-order valence-corrected chi connectivity index (χ4v) is 2.22. The van der Waals surface area contributed by atoms with Gasteiger partial charge in [-0.05, 0) is 33.8 Å². The first-order chi connectivity index (χ1) is 11.3. The lowest BCUT2D eigenvalue weighted by atomic mass is 10.0. The number of aryl methyl sites for hydroxylation is 1. The van der Waals surface area contributed by atoms with Gasteiger partial charge in [0.05, 0.1) is 5.69 Å². The van der Waals surface area contributed by atoms with Crippen LogP contribution in [0.15, 0.2) is 35.1 Å². The van der Waals surface area contributed by atoms with Crippen LogP contribution < -0.4 is 15.6 Å².